The molecule has 1 amide bonds. The van der Waals surface area contributed by atoms with Crippen molar-refractivity contribution < 1.29 is 9.22 Å². The molecule has 17 heavy (non-hydrogen) atoms. The van der Waals surface area contributed by atoms with Crippen LogP contribution in [-0.4, -0.2) is 38.3 Å². The van der Waals surface area contributed by atoms with Gasteiger partial charge in [0.15, 0.2) is 8.32 Å². The second-order valence-electron chi connectivity index (χ2n) is 6.34. The van der Waals surface area contributed by atoms with Crippen LogP contribution < -0.4 is 0 Å². The third kappa shape index (κ3) is 3.19. The predicted octanol–water partition coefficient (Wildman–Crippen LogP) is 2.79. The van der Waals surface area contributed by atoms with Gasteiger partial charge in [0.05, 0.1) is 12.1 Å². The van der Waals surface area contributed by atoms with Gasteiger partial charge >= 0.3 is 0 Å². The molecule has 1 aliphatic heterocycles. The first kappa shape index (κ1) is 14.4. The predicted molar refractivity (Wildman–Crippen MR) is 73.4 cm³/mol. The first-order valence-corrected chi connectivity index (χ1v) is 9.13. The summed E-state index contributed by atoms with van der Waals surface area (Å²) in [6, 6.07) is 0.141. The van der Waals surface area contributed by atoms with E-state index in [4.69, 9.17) is 4.43 Å². The molecule has 0 N–H and O–H groups in total. The first-order valence-electron chi connectivity index (χ1n) is 6.22. The summed E-state index contributed by atoms with van der Waals surface area (Å²) in [5.74, 6) is 0. The van der Waals surface area contributed by atoms with Gasteiger partial charge in [0, 0.05) is 6.54 Å². The quantitative estimate of drug-likeness (QED) is 0.439. The highest BCUT2D eigenvalue weighted by Crippen LogP contribution is 2.38. The Kier molecular flexibility index (Phi) is 4.20. The molecule has 98 valence electrons. The highest BCUT2D eigenvalue weighted by molar-refractivity contribution is 6.74. The number of likely N-dealkylation sites (tertiary alicyclic amines) is 1. The minimum atomic E-state index is -1.73. The Morgan fingerprint density at radius 1 is 1.41 bits per heavy atom. The third-order valence-electron chi connectivity index (χ3n) is 4.02. The van der Waals surface area contributed by atoms with Crippen molar-refractivity contribution in [1.29, 1.82) is 0 Å². The molecule has 1 heterocycles. The maximum absolute atomic E-state index is 10.9. The summed E-state index contributed by atoms with van der Waals surface area (Å²) in [6.45, 7) is 15.7. The fourth-order valence-electron chi connectivity index (χ4n) is 1.88. The molecule has 1 fully saturated rings. The lowest BCUT2D eigenvalue weighted by molar-refractivity contribution is -0.118. The van der Waals surface area contributed by atoms with Crippen molar-refractivity contribution in [1.82, 2.24) is 4.90 Å². The topological polar surface area (TPSA) is 29.5 Å². The van der Waals surface area contributed by atoms with Gasteiger partial charge in [-0.2, -0.15) is 0 Å². The van der Waals surface area contributed by atoms with Gasteiger partial charge in [-0.3, -0.25) is 4.79 Å². The highest BCUT2D eigenvalue weighted by Gasteiger charge is 2.41. The molecule has 3 nitrogen and oxygen atoms in total. The average Bonchev–Trinajstić information content (AvgIpc) is 2.57. The lowest BCUT2D eigenvalue weighted by Gasteiger charge is -2.38. The van der Waals surface area contributed by atoms with Gasteiger partial charge in [0.25, 0.3) is 0 Å². The second-order valence-corrected chi connectivity index (χ2v) is 11.1. The maximum Gasteiger partial charge on any atom is 0.210 e. The van der Waals surface area contributed by atoms with Crippen molar-refractivity contribution >= 4 is 14.7 Å². The van der Waals surface area contributed by atoms with Crippen LogP contribution in [0.2, 0.25) is 18.1 Å². The largest absolute Gasteiger partial charge is 0.412 e. The van der Waals surface area contributed by atoms with Crippen molar-refractivity contribution in [3.8, 4) is 0 Å². The number of carbonyl (C=O) groups is 1. The number of rotatable bonds is 4. The zero-order valence-electron chi connectivity index (χ0n) is 11.7. The molecule has 0 aromatic heterocycles. The molecule has 1 saturated heterocycles. The average molecular weight is 255 g/mol. The Morgan fingerprint density at radius 2 is 2.00 bits per heavy atom. The van der Waals surface area contributed by atoms with Gasteiger partial charge in [0.2, 0.25) is 6.41 Å². The molecule has 0 unspecified atom stereocenters. The zero-order chi connectivity index (χ0) is 13.3. The van der Waals surface area contributed by atoms with E-state index >= 15 is 0 Å². The fraction of sp³-hybridized carbons (Fsp3) is 0.769. The molecule has 2 atom stereocenters. The van der Waals surface area contributed by atoms with Crippen LogP contribution in [0.3, 0.4) is 0 Å². The van der Waals surface area contributed by atoms with Gasteiger partial charge in [-0.15, -0.1) is 6.58 Å². The fourth-order valence-corrected chi connectivity index (χ4v) is 3.24. The molecule has 1 aliphatic rings. The Bertz CT molecular complexity index is 280. The number of amides is 1. The van der Waals surface area contributed by atoms with E-state index in [2.05, 4.69) is 40.4 Å². The van der Waals surface area contributed by atoms with Crippen LogP contribution >= 0.6 is 0 Å². The zero-order valence-corrected chi connectivity index (χ0v) is 12.7. The molecule has 0 spiro atoms. The minimum absolute atomic E-state index is 0.141. The number of nitrogens with zero attached hydrogens (tertiary/aromatic N) is 1. The Morgan fingerprint density at radius 3 is 2.35 bits per heavy atom. The second kappa shape index (κ2) is 4.94. The smallest absolute Gasteiger partial charge is 0.210 e. The lowest BCUT2D eigenvalue weighted by Crippen LogP contribution is -2.44. The van der Waals surface area contributed by atoms with Gasteiger partial charge < -0.3 is 9.33 Å². The lowest BCUT2D eigenvalue weighted by atomic mass is 10.2. The van der Waals surface area contributed by atoms with Crippen molar-refractivity contribution in [2.45, 2.75) is 57.5 Å². The van der Waals surface area contributed by atoms with Crippen molar-refractivity contribution in [3.05, 3.63) is 12.7 Å². The number of carbonyl (C=O) groups excluding carboxylic acids is 1. The molecule has 1 rings (SSSR count). The molecular weight excluding hydrogens is 230 g/mol. The van der Waals surface area contributed by atoms with Gasteiger partial charge in [-0.25, -0.2) is 0 Å². The van der Waals surface area contributed by atoms with Crippen LogP contribution in [0.25, 0.3) is 0 Å². The first-order chi connectivity index (χ1) is 7.71. The van der Waals surface area contributed by atoms with Gasteiger partial charge in [0.1, 0.15) is 0 Å². The summed E-state index contributed by atoms with van der Waals surface area (Å²) in [5, 5.41) is 0.214. The molecule has 0 bridgehead atoms. The monoisotopic (exact) mass is 255 g/mol. The molecule has 0 aromatic rings. The summed E-state index contributed by atoms with van der Waals surface area (Å²) in [5.41, 5.74) is 0. The number of hydrogen-bond acceptors (Lipinski definition) is 2. The SMILES string of the molecule is C=C[C@@H]1C[C@@H](O[Si](C)(C)C(C)(C)C)CN1C=O. The van der Waals surface area contributed by atoms with E-state index < -0.39 is 8.32 Å². The van der Waals surface area contributed by atoms with E-state index in [-0.39, 0.29) is 17.2 Å². The van der Waals surface area contributed by atoms with Gasteiger partial charge in [-0.05, 0) is 24.6 Å². The van der Waals surface area contributed by atoms with Crippen LogP contribution in [0.5, 0.6) is 0 Å². The standard InChI is InChI=1S/C13H25NO2Si/c1-7-11-8-12(9-14(11)10-15)16-17(5,6)13(2,3)4/h7,10-12H,1,8-9H2,2-6H3/t11-,12-/m1/s1. The van der Waals surface area contributed by atoms with Crippen molar-refractivity contribution in [2.24, 2.45) is 0 Å². The third-order valence-corrected chi connectivity index (χ3v) is 8.55. The Labute approximate surface area is 106 Å². The molecule has 0 aliphatic carbocycles. The Hall–Kier alpha value is -0.613. The molecule has 4 heteroatoms. The van der Waals surface area contributed by atoms with E-state index in [9.17, 15) is 4.79 Å². The minimum Gasteiger partial charge on any atom is -0.412 e. The van der Waals surface area contributed by atoms with Gasteiger partial charge in [-0.1, -0.05) is 26.8 Å². The van der Waals surface area contributed by atoms with Crippen LogP contribution in [0.1, 0.15) is 27.2 Å². The summed E-state index contributed by atoms with van der Waals surface area (Å²) in [6.07, 6.45) is 3.79. The molecule has 0 aromatic carbocycles. The summed E-state index contributed by atoms with van der Waals surface area (Å²) in [7, 11) is -1.73. The van der Waals surface area contributed by atoms with Crippen LogP contribution in [-0.2, 0) is 9.22 Å². The molecular formula is C13H25NO2Si. The van der Waals surface area contributed by atoms with Crippen molar-refractivity contribution in [2.75, 3.05) is 6.54 Å². The van der Waals surface area contributed by atoms with E-state index in [1.807, 2.05) is 6.08 Å². The van der Waals surface area contributed by atoms with E-state index in [0.29, 0.717) is 6.54 Å². The summed E-state index contributed by atoms with van der Waals surface area (Å²) >= 11 is 0. The van der Waals surface area contributed by atoms with E-state index in [1.54, 1.807) is 4.90 Å². The highest BCUT2D eigenvalue weighted by atomic mass is 28.4. The Balaban J connectivity index is 2.66. The molecule has 0 radical (unpaired) electrons. The van der Waals surface area contributed by atoms with Crippen LogP contribution in [0.15, 0.2) is 12.7 Å². The van der Waals surface area contributed by atoms with Crippen LogP contribution in [0, 0.1) is 0 Å². The normalized spacial score (nSPS) is 26.1. The van der Waals surface area contributed by atoms with E-state index in [0.717, 1.165) is 12.8 Å². The summed E-state index contributed by atoms with van der Waals surface area (Å²) in [4.78, 5) is 12.7. The van der Waals surface area contributed by atoms with Crippen LogP contribution in [0.4, 0.5) is 0 Å². The summed E-state index contributed by atoms with van der Waals surface area (Å²) < 4.78 is 6.32. The van der Waals surface area contributed by atoms with Crippen molar-refractivity contribution in [3.63, 3.8) is 0 Å². The number of hydrogen-bond donors (Lipinski definition) is 0. The maximum atomic E-state index is 10.9. The molecule has 0 saturated carbocycles. The van der Waals surface area contributed by atoms with E-state index in [1.165, 1.54) is 0 Å².